The lowest BCUT2D eigenvalue weighted by Gasteiger charge is -2.21. The molecule has 0 aliphatic heterocycles. The molecule has 4 aromatic carbocycles. The lowest BCUT2D eigenvalue weighted by Crippen LogP contribution is -2.32. The minimum absolute atomic E-state index is 0.0466. The molecule has 8 nitrogen and oxygen atoms in total. The Morgan fingerprint density at radius 2 is 1.02 bits per heavy atom. The average molecular weight is 653 g/mol. The van der Waals surface area contributed by atoms with Crippen LogP contribution in [0.15, 0.2) is 119 Å². The number of rotatable bonds is 11. The number of phenolic OH excluding ortho intramolecular Hbond substituents is 2. The van der Waals surface area contributed by atoms with E-state index in [2.05, 4.69) is 0 Å². The van der Waals surface area contributed by atoms with Gasteiger partial charge in [0.1, 0.15) is 23.1 Å². The van der Waals surface area contributed by atoms with Gasteiger partial charge in [-0.05, 0) is 74.4 Å². The number of para-hydroxylation sites is 2. The Labute approximate surface area is 285 Å². The Bertz CT molecular complexity index is 2210. The Kier molecular flexibility index (Phi) is 9.85. The van der Waals surface area contributed by atoms with Crippen LogP contribution >= 0.6 is 0 Å². The largest absolute Gasteiger partial charge is 0.507 e. The monoisotopic (exact) mass is 652 g/mol. The smallest absolute Gasteiger partial charge is 0.257 e. The van der Waals surface area contributed by atoms with Gasteiger partial charge in [-0.3, -0.25) is 18.7 Å². The standard InChI is InChI=1S/C41H40N4O4/c1-27(37-29(3)43-39(33-19-11-13-21-36(33)47)45(41(37)49)25-23-31-16-8-5-9-17-31)26-34-28(2)42-38(32-18-10-12-20-35(32)46)44(40(34)48)24-22-30-14-6-4-7-15-30/h4-21,27,46-47H,22-26H2,1-3H3. The molecule has 0 fully saturated rings. The molecule has 0 amide bonds. The van der Waals surface area contributed by atoms with Crippen molar-refractivity contribution in [3.05, 3.63) is 164 Å². The molecule has 2 heterocycles. The van der Waals surface area contributed by atoms with Gasteiger partial charge in [0.2, 0.25) is 0 Å². The van der Waals surface area contributed by atoms with Crippen LogP contribution in [0.3, 0.4) is 0 Å². The first-order chi connectivity index (χ1) is 23.7. The van der Waals surface area contributed by atoms with E-state index < -0.39 is 0 Å². The van der Waals surface area contributed by atoms with Crippen molar-refractivity contribution >= 4 is 0 Å². The Balaban J connectivity index is 1.42. The molecular formula is C41H40N4O4. The van der Waals surface area contributed by atoms with Gasteiger partial charge in [-0.25, -0.2) is 9.97 Å². The van der Waals surface area contributed by atoms with Gasteiger partial charge in [0, 0.05) is 35.6 Å². The number of aryl methyl sites for hydroxylation is 4. The zero-order valence-electron chi connectivity index (χ0n) is 28.0. The third-order valence-electron chi connectivity index (χ3n) is 9.09. The molecule has 6 rings (SSSR count). The van der Waals surface area contributed by atoms with Crippen LogP contribution in [0.4, 0.5) is 0 Å². The summed E-state index contributed by atoms with van der Waals surface area (Å²) in [6.07, 6.45) is 1.48. The average Bonchev–Trinajstić information content (AvgIpc) is 3.10. The molecular weight excluding hydrogens is 612 g/mol. The summed E-state index contributed by atoms with van der Waals surface area (Å²) in [6.45, 7) is 6.28. The fourth-order valence-electron chi connectivity index (χ4n) is 6.51. The van der Waals surface area contributed by atoms with Crippen LogP contribution in [-0.2, 0) is 32.4 Å². The topological polar surface area (TPSA) is 110 Å². The second kappa shape index (κ2) is 14.6. The zero-order valence-corrected chi connectivity index (χ0v) is 28.0. The highest BCUT2D eigenvalue weighted by molar-refractivity contribution is 5.65. The molecule has 0 bridgehead atoms. The number of hydrogen-bond acceptors (Lipinski definition) is 6. The van der Waals surface area contributed by atoms with Gasteiger partial charge in [-0.15, -0.1) is 0 Å². The van der Waals surface area contributed by atoms with Crippen molar-refractivity contribution < 1.29 is 10.2 Å². The summed E-state index contributed by atoms with van der Waals surface area (Å²) in [5.74, 6) is 0.533. The van der Waals surface area contributed by atoms with Crippen molar-refractivity contribution in [2.45, 2.75) is 59.0 Å². The first-order valence-electron chi connectivity index (χ1n) is 16.6. The van der Waals surface area contributed by atoms with E-state index in [9.17, 15) is 19.8 Å². The summed E-state index contributed by atoms with van der Waals surface area (Å²) in [5, 5.41) is 21.5. The molecule has 6 aromatic rings. The summed E-state index contributed by atoms with van der Waals surface area (Å²) >= 11 is 0. The number of aromatic nitrogens is 4. The lowest BCUT2D eigenvalue weighted by atomic mass is 9.92. The predicted molar refractivity (Wildman–Crippen MR) is 193 cm³/mol. The highest BCUT2D eigenvalue weighted by Gasteiger charge is 2.25. The summed E-state index contributed by atoms with van der Waals surface area (Å²) in [4.78, 5) is 38.6. The van der Waals surface area contributed by atoms with Crippen molar-refractivity contribution in [2.75, 3.05) is 0 Å². The number of nitrogens with zero attached hydrogens (tertiary/aromatic N) is 4. The van der Waals surface area contributed by atoms with E-state index in [0.29, 0.717) is 71.2 Å². The molecule has 0 spiro atoms. The summed E-state index contributed by atoms with van der Waals surface area (Å²) < 4.78 is 3.28. The number of hydrogen-bond donors (Lipinski definition) is 2. The SMILES string of the molecule is Cc1nc(-c2ccccc2O)n(CCc2ccccc2)c(=O)c1CC(C)c1c(C)nc(-c2ccccc2O)n(CCc2ccccc2)c1=O. The van der Waals surface area contributed by atoms with Crippen molar-refractivity contribution in [2.24, 2.45) is 0 Å². The highest BCUT2D eigenvalue weighted by Crippen LogP contribution is 2.30. The predicted octanol–water partition coefficient (Wildman–Crippen LogP) is 6.99. The van der Waals surface area contributed by atoms with E-state index in [1.54, 1.807) is 52.5 Å². The third-order valence-corrected chi connectivity index (χ3v) is 9.09. The van der Waals surface area contributed by atoms with E-state index in [0.717, 1.165) is 11.1 Å². The van der Waals surface area contributed by atoms with E-state index in [1.807, 2.05) is 86.6 Å². The molecule has 49 heavy (non-hydrogen) atoms. The summed E-state index contributed by atoms with van der Waals surface area (Å²) in [5.41, 5.74) is 4.85. The van der Waals surface area contributed by atoms with Gasteiger partial charge in [0.05, 0.1) is 11.1 Å². The van der Waals surface area contributed by atoms with Gasteiger partial charge in [-0.2, -0.15) is 0 Å². The highest BCUT2D eigenvalue weighted by atomic mass is 16.3. The van der Waals surface area contributed by atoms with Crippen LogP contribution in [0.5, 0.6) is 11.5 Å². The van der Waals surface area contributed by atoms with E-state index in [1.165, 1.54) is 0 Å². The molecule has 8 heteroatoms. The maximum Gasteiger partial charge on any atom is 0.257 e. The molecule has 0 aliphatic carbocycles. The van der Waals surface area contributed by atoms with Crippen LogP contribution in [-0.4, -0.2) is 29.3 Å². The Morgan fingerprint density at radius 1 is 0.592 bits per heavy atom. The number of phenols is 2. The van der Waals surface area contributed by atoms with Crippen LogP contribution in [0, 0.1) is 13.8 Å². The second-order valence-electron chi connectivity index (χ2n) is 12.5. The quantitative estimate of drug-likeness (QED) is 0.156. The third kappa shape index (κ3) is 7.09. The van der Waals surface area contributed by atoms with Crippen molar-refractivity contribution in [1.82, 2.24) is 19.1 Å². The maximum absolute atomic E-state index is 14.4. The van der Waals surface area contributed by atoms with Gasteiger partial charge in [-0.1, -0.05) is 91.9 Å². The van der Waals surface area contributed by atoms with Crippen molar-refractivity contribution in [3.63, 3.8) is 0 Å². The van der Waals surface area contributed by atoms with Crippen LogP contribution in [0.1, 0.15) is 46.5 Å². The molecule has 2 N–H and O–H groups in total. The molecule has 1 unspecified atom stereocenters. The first-order valence-corrected chi connectivity index (χ1v) is 16.6. The van der Waals surface area contributed by atoms with Crippen molar-refractivity contribution in [1.29, 1.82) is 0 Å². The molecule has 248 valence electrons. The van der Waals surface area contributed by atoms with Crippen LogP contribution < -0.4 is 11.1 Å². The fraction of sp³-hybridized carbons (Fsp3) is 0.220. The summed E-state index contributed by atoms with van der Waals surface area (Å²) in [7, 11) is 0. The first kappa shape index (κ1) is 33.2. The van der Waals surface area contributed by atoms with Crippen LogP contribution in [0.25, 0.3) is 22.8 Å². The Morgan fingerprint density at radius 3 is 1.51 bits per heavy atom. The summed E-state index contributed by atoms with van der Waals surface area (Å²) in [6, 6.07) is 33.7. The maximum atomic E-state index is 14.4. The van der Waals surface area contributed by atoms with Gasteiger partial charge < -0.3 is 10.2 Å². The van der Waals surface area contributed by atoms with E-state index in [4.69, 9.17) is 9.97 Å². The van der Waals surface area contributed by atoms with Crippen molar-refractivity contribution in [3.8, 4) is 34.3 Å². The van der Waals surface area contributed by atoms with Gasteiger partial charge >= 0.3 is 0 Å². The molecule has 2 aromatic heterocycles. The minimum Gasteiger partial charge on any atom is -0.507 e. The number of aromatic hydroxyl groups is 2. The lowest BCUT2D eigenvalue weighted by molar-refractivity contribution is 0.475. The molecule has 0 saturated carbocycles. The van der Waals surface area contributed by atoms with E-state index >= 15 is 0 Å². The second-order valence-corrected chi connectivity index (χ2v) is 12.5. The van der Waals surface area contributed by atoms with E-state index in [-0.39, 0.29) is 35.0 Å². The molecule has 0 aliphatic rings. The fourth-order valence-corrected chi connectivity index (χ4v) is 6.51. The number of benzene rings is 4. The minimum atomic E-state index is -0.367. The normalized spacial score (nSPS) is 11.8. The van der Waals surface area contributed by atoms with Crippen LogP contribution in [0.2, 0.25) is 0 Å². The Hall–Kier alpha value is -5.76. The molecule has 1 atom stereocenters. The zero-order chi connectivity index (χ0) is 34.5. The van der Waals surface area contributed by atoms with Gasteiger partial charge in [0.25, 0.3) is 11.1 Å². The molecule has 0 radical (unpaired) electrons. The molecule has 0 saturated heterocycles. The van der Waals surface area contributed by atoms with Gasteiger partial charge in [0.15, 0.2) is 0 Å².